The van der Waals surface area contributed by atoms with E-state index in [9.17, 15) is 8.78 Å². The fourth-order valence-corrected chi connectivity index (χ4v) is 1.45. The predicted octanol–water partition coefficient (Wildman–Crippen LogP) is 3.71. The van der Waals surface area contributed by atoms with Gasteiger partial charge in [-0.2, -0.15) is 9.37 Å². The molecule has 0 fully saturated rings. The van der Waals surface area contributed by atoms with Crippen molar-refractivity contribution in [3.05, 3.63) is 53.7 Å². The number of pyridine rings is 1. The maximum Gasteiger partial charge on any atom is 0.224 e. The number of rotatable bonds is 3. The molecule has 0 aliphatic heterocycles. The minimum absolute atomic E-state index is 0.0873. The lowest BCUT2D eigenvalue weighted by Gasteiger charge is -2.06. The van der Waals surface area contributed by atoms with Crippen LogP contribution in [-0.4, -0.2) is 4.98 Å². The van der Waals surface area contributed by atoms with Crippen LogP contribution in [0.1, 0.15) is 12.5 Å². The SMILES string of the molecule is CCc1cccc(Oc2cc(F)cc(F)n2)c1. The average molecular weight is 235 g/mol. The topological polar surface area (TPSA) is 22.1 Å². The fourth-order valence-electron chi connectivity index (χ4n) is 1.45. The molecule has 0 radical (unpaired) electrons. The van der Waals surface area contributed by atoms with Crippen LogP contribution < -0.4 is 4.74 Å². The third kappa shape index (κ3) is 3.00. The molecule has 0 spiro atoms. The van der Waals surface area contributed by atoms with Crippen molar-refractivity contribution >= 4 is 0 Å². The number of aromatic nitrogens is 1. The minimum Gasteiger partial charge on any atom is -0.439 e. The molecule has 0 amide bonds. The lowest BCUT2D eigenvalue weighted by molar-refractivity contribution is 0.435. The van der Waals surface area contributed by atoms with E-state index in [4.69, 9.17) is 4.74 Å². The molecule has 1 aromatic carbocycles. The van der Waals surface area contributed by atoms with Crippen molar-refractivity contribution in [1.29, 1.82) is 0 Å². The summed E-state index contributed by atoms with van der Waals surface area (Å²) < 4.78 is 31.1. The van der Waals surface area contributed by atoms with E-state index >= 15 is 0 Å². The van der Waals surface area contributed by atoms with Crippen LogP contribution in [0.5, 0.6) is 11.6 Å². The average Bonchev–Trinajstić information content (AvgIpc) is 2.28. The first-order valence-corrected chi connectivity index (χ1v) is 5.27. The first kappa shape index (κ1) is 11.5. The molecule has 1 aromatic heterocycles. The monoisotopic (exact) mass is 235 g/mol. The summed E-state index contributed by atoms with van der Waals surface area (Å²) in [6.07, 6.45) is 0.863. The number of hydrogen-bond donors (Lipinski definition) is 0. The van der Waals surface area contributed by atoms with Crippen LogP contribution in [0.25, 0.3) is 0 Å². The zero-order chi connectivity index (χ0) is 12.3. The second-order valence-corrected chi connectivity index (χ2v) is 3.55. The second-order valence-electron chi connectivity index (χ2n) is 3.55. The van der Waals surface area contributed by atoms with Gasteiger partial charge in [0.05, 0.1) is 0 Å². The number of benzene rings is 1. The number of halogens is 2. The molecular formula is C13H11F2NO. The van der Waals surface area contributed by atoms with Crippen LogP contribution in [0.15, 0.2) is 36.4 Å². The Hall–Kier alpha value is -1.97. The Kier molecular flexibility index (Phi) is 3.32. The van der Waals surface area contributed by atoms with Gasteiger partial charge in [0.2, 0.25) is 11.8 Å². The van der Waals surface area contributed by atoms with E-state index in [2.05, 4.69) is 4.98 Å². The number of aryl methyl sites for hydroxylation is 1. The molecule has 0 atom stereocenters. The highest BCUT2D eigenvalue weighted by Gasteiger charge is 2.04. The summed E-state index contributed by atoms with van der Waals surface area (Å²) >= 11 is 0. The summed E-state index contributed by atoms with van der Waals surface area (Å²) in [5, 5.41) is 0. The molecule has 2 nitrogen and oxygen atoms in total. The van der Waals surface area contributed by atoms with Gasteiger partial charge in [-0.05, 0) is 24.1 Å². The first-order valence-electron chi connectivity index (χ1n) is 5.27. The van der Waals surface area contributed by atoms with Crippen molar-refractivity contribution in [1.82, 2.24) is 4.98 Å². The Balaban J connectivity index is 2.24. The quantitative estimate of drug-likeness (QED) is 0.756. The van der Waals surface area contributed by atoms with Crippen molar-refractivity contribution in [2.75, 3.05) is 0 Å². The van der Waals surface area contributed by atoms with Gasteiger partial charge >= 0.3 is 0 Å². The molecule has 4 heteroatoms. The number of hydrogen-bond acceptors (Lipinski definition) is 2. The summed E-state index contributed by atoms with van der Waals surface area (Å²) in [5.41, 5.74) is 1.08. The van der Waals surface area contributed by atoms with Gasteiger partial charge in [-0.1, -0.05) is 19.1 Å². The largest absolute Gasteiger partial charge is 0.439 e. The molecule has 0 aliphatic rings. The van der Waals surface area contributed by atoms with Crippen LogP contribution in [0.3, 0.4) is 0 Å². The van der Waals surface area contributed by atoms with Crippen molar-refractivity contribution in [2.45, 2.75) is 13.3 Å². The van der Waals surface area contributed by atoms with Crippen LogP contribution in [0.2, 0.25) is 0 Å². The minimum atomic E-state index is -0.897. The van der Waals surface area contributed by atoms with Crippen molar-refractivity contribution in [2.24, 2.45) is 0 Å². The molecular weight excluding hydrogens is 224 g/mol. The smallest absolute Gasteiger partial charge is 0.224 e. The predicted molar refractivity (Wildman–Crippen MR) is 60.0 cm³/mol. The lowest BCUT2D eigenvalue weighted by atomic mass is 10.2. The Labute approximate surface area is 97.9 Å². The van der Waals surface area contributed by atoms with Gasteiger partial charge in [-0.3, -0.25) is 0 Å². The Morgan fingerprint density at radius 1 is 1.18 bits per heavy atom. The summed E-state index contributed by atoms with van der Waals surface area (Å²) in [6.45, 7) is 2.01. The van der Waals surface area contributed by atoms with Crippen LogP contribution >= 0.6 is 0 Å². The first-order chi connectivity index (χ1) is 8.17. The van der Waals surface area contributed by atoms with Gasteiger partial charge in [-0.25, -0.2) is 4.39 Å². The highest BCUT2D eigenvalue weighted by Crippen LogP contribution is 2.21. The third-order valence-corrected chi connectivity index (χ3v) is 2.26. The van der Waals surface area contributed by atoms with E-state index in [1.165, 1.54) is 0 Å². The van der Waals surface area contributed by atoms with Crippen molar-refractivity contribution < 1.29 is 13.5 Å². The normalized spacial score (nSPS) is 10.3. The van der Waals surface area contributed by atoms with Crippen LogP contribution in [-0.2, 0) is 6.42 Å². The number of ether oxygens (including phenoxy) is 1. The van der Waals surface area contributed by atoms with E-state index in [-0.39, 0.29) is 5.88 Å². The summed E-state index contributed by atoms with van der Waals surface area (Å²) in [4.78, 5) is 3.46. The number of nitrogens with zero attached hydrogens (tertiary/aromatic N) is 1. The van der Waals surface area contributed by atoms with Gasteiger partial charge in [0, 0.05) is 12.1 Å². The second kappa shape index (κ2) is 4.91. The highest BCUT2D eigenvalue weighted by atomic mass is 19.1. The lowest BCUT2D eigenvalue weighted by Crippen LogP contribution is -1.93. The van der Waals surface area contributed by atoms with Crippen molar-refractivity contribution in [3.63, 3.8) is 0 Å². The van der Waals surface area contributed by atoms with E-state index < -0.39 is 11.8 Å². The summed E-state index contributed by atoms with van der Waals surface area (Å²) in [5.74, 6) is -1.18. The molecule has 0 saturated heterocycles. The molecule has 88 valence electrons. The van der Waals surface area contributed by atoms with Gasteiger partial charge in [-0.15, -0.1) is 0 Å². The maximum atomic E-state index is 12.9. The fraction of sp³-hybridized carbons (Fsp3) is 0.154. The van der Waals surface area contributed by atoms with Gasteiger partial charge < -0.3 is 4.74 Å². The van der Waals surface area contributed by atoms with Crippen molar-refractivity contribution in [3.8, 4) is 11.6 Å². The third-order valence-electron chi connectivity index (χ3n) is 2.26. The van der Waals surface area contributed by atoms with Gasteiger partial charge in [0.25, 0.3) is 0 Å². The van der Waals surface area contributed by atoms with Crippen LogP contribution in [0, 0.1) is 11.8 Å². The van der Waals surface area contributed by atoms with Gasteiger partial charge in [0.15, 0.2) is 0 Å². The van der Waals surface area contributed by atoms with E-state index in [0.29, 0.717) is 11.8 Å². The van der Waals surface area contributed by atoms with Crippen LogP contribution in [0.4, 0.5) is 8.78 Å². The molecule has 0 saturated carbocycles. The van der Waals surface area contributed by atoms with Gasteiger partial charge in [0.1, 0.15) is 11.6 Å². The molecule has 0 unspecified atom stereocenters. The molecule has 2 rings (SSSR count). The highest BCUT2D eigenvalue weighted by molar-refractivity contribution is 5.31. The molecule has 2 aromatic rings. The zero-order valence-electron chi connectivity index (χ0n) is 9.28. The summed E-state index contributed by atoms with van der Waals surface area (Å²) in [7, 11) is 0. The standard InChI is InChI=1S/C13H11F2NO/c1-2-9-4-3-5-11(6-9)17-13-8-10(14)7-12(15)16-13/h3-8H,2H2,1H3. The Morgan fingerprint density at radius 2 is 2.00 bits per heavy atom. The molecule has 1 heterocycles. The van der Waals surface area contributed by atoms with E-state index in [1.54, 1.807) is 6.07 Å². The molecule has 17 heavy (non-hydrogen) atoms. The van der Waals surface area contributed by atoms with E-state index in [0.717, 1.165) is 18.1 Å². The Bertz CT molecular complexity index is 508. The zero-order valence-corrected chi connectivity index (χ0v) is 9.28. The molecule has 0 N–H and O–H groups in total. The van der Waals surface area contributed by atoms with E-state index in [1.807, 2.05) is 25.1 Å². The maximum absolute atomic E-state index is 12.9. The Morgan fingerprint density at radius 3 is 2.71 bits per heavy atom. The molecule has 0 bridgehead atoms. The summed E-state index contributed by atoms with van der Waals surface area (Å²) in [6, 6.07) is 9.04. The molecule has 0 aliphatic carbocycles.